The lowest BCUT2D eigenvalue weighted by Crippen LogP contribution is -2.15. The number of rotatable bonds is 8. The van der Waals surface area contributed by atoms with E-state index in [0.717, 1.165) is 66.0 Å². The molecule has 3 nitrogen and oxygen atoms in total. The number of allylic oxidation sites excluding steroid dienone is 4. The Balaban J connectivity index is 1.49. The largest absolute Gasteiger partial charge is 0.496 e. The molecule has 0 aliphatic heterocycles. The molecule has 0 fully saturated rings. The van der Waals surface area contributed by atoms with E-state index in [1.807, 2.05) is 12.1 Å². The fourth-order valence-electron chi connectivity index (χ4n) is 5.94. The van der Waals surface area contributed by atoms with Crippen LogP contribution in [0.3, 0.4) is 0 Å². The molecular formula is C37H36N2O. The van der Waals surface area contributed by atoms with Crippen molar-refractivity contribution in [3.8, 4) is 16.9 Å². The summed E-state index contributed by atoms with van der Waals surface area (Å²) in [6.45, 7) is 7.06. The van der Waals surface area contributed by atoms with Gasteiger partial charge in [-0.05, 0) is 79.1 Å². The molecule has 0 spiro atoms. The molecule has 3 aromatic carbocycles. The Kier molecular flexibility index (Phi) is 7.37. The Bertz CT molecular complexity index is 1700. The minimum atomic E-state index is 0.668. The molecule has 0 amide bonds. The Morgan fingerprint density at radius 3 is 2.65 bits per heavy atom. The van der Waals surface area contributed by atoms with Gasteiger partial charge in [-0.25, -0.2) is 0 Å². The van der Waals surface area contributed by atoms with Crippen molar-refractivity contribution in [3.05, 3.63) is 125 Å². The van der Waals surface area contributed by atoms with Gasteiger partial charge in [0.05, 0.1) is 25.1 Å². The van der Waals surface area contributed by atoms with Crippen LogP contribution in [-0.4, -0.2) is 17.4 Å². The molecule has 0 radical (unpaired) electrons. The molecule has 0 unspecified atom stereocenters. The normalized spacial score (nSPS) is 14.5. The molecule has 0 atom stereocenters. The number of methoxy groups -OCH3 is 1. The summed E-state index contributed by atoms with van der Waals surface area (Å²) in [5.41, 5.74) is 11.8. The lowest BCUT2D eigenvalue weighted by atomic mass is 9.94. The zero-order valence-corrected chi connectivity index (χ0v) is 23.5. The van der Waals surface area contributed by atoms with E-state index >= 15 is 0 Å². The maximum atomic E-state index is 5.90. The fraction of sp³-hybridized carbons (Fsp3) is 0.216. The van der Waals surface area contributed by atoms with E-state index in [2.05, 4.69) is 103 Å². The molecule has 0 N–H and O–H groups in total. The van der Waals surface area contributed by atoms with Gasteiger partial charge in [0.25, 0.3) is 0 Å². The maximum absolute atomic E-state index is 5.90. The summed E-state index contributed by atoms with van der Waals surface area (Å²) in [5, 5.41) is 1.33. The van der Waals surface area contributed by atoms with Gasteiger partial charge in [-0.3, -0.25) is 4.99 Å². The Morgan fingerprint density at radius 2 is 1.82 bits per heavy atom. The second-order valence-corrected chi connectivity index (χ2v) is 10.5. The highest BCUT2D eigenvalue weighted by Gasteiger charge is 2.21. The molecule has 6 rings (SSSR count). The summed E-state index contributed by atoms with van der Waals surface area (Å²) >= 11 is 0. The van der Waals surface area contributed by atoms with Gasteiger partial charge < -0.3 is 9.30 Å². The molecule has 40 heavy (non-hydrogen) atoms. The SMILES string of the molecule is C=C(/C=C\CC)/N=C(\Cn1c2c(c3cc4c(cc31)CCC=C4)C=CCC2)c1ccc(-c2ccccc2)c(OC)c1. The third-order valence-corrected chi connectivity index (χ3v) is 7.94. The first-order chi connectivity index (χ1) is 19.7. The van der Waals surface area contributed by atoms with Crippen LogP contribution in [0.5, 0.6) is 5.75 Å². The minimum absolute atomic E-state index is 0.668. The first kappa shape index (κ1) is 25.9. The average molecular weight is 525 g/mol. The lowest BCUT2D eigenvalue weighted by Gasteiger charge is -2.17. The maximum Gasteiger partial charge on any atom is 0.127 e. The van der Waals surface area contributed by atoms with Gasteiger partial charge in [0.15, 0.2) is 0 Å². The molecular weight excluding hydrogens is 488 g/mol. The van der Waals surface area contributed by atoms with Crippen LogP contribution in [0, 0.1) is 0 Å². The molecule has 2 aliphatic carbocycles. The van der Waals surface area contributed by atoms with Crippen LogP contribution in [-0.2, 0) is 19.4 Å². The highest BCUT2D eigenvalue weighted by Crippen LogP contribution is 2.36. The number of nitrogens with zero attached hydrogens (tertiary/aromatic N) is 2. The lowest BCUT2D eigenvalue weighted by molar-refractivity contribution is 0.416. The van der Waals surface area contributed by atoms with Crippen molar-refractivity contribution in [3.63, 3.8) is 0 Å². The second-order valence-electron chi connectivity index (χ2n) is 10.5. The van der Waals surface area contributed by atoms with E-state index in [1.54, 1.807) is 7.11 Å². The molecule has 1 aromatic heterocycles. The van der Waals surface area contributed by atoms with E-state index in [1.165, 1.54) is 33.3 Å². The average Bonchev–Trinajstić information content (AvgIpc) is 3.30. The smallest absolute Gasteiger partial charge is 0.127 e. The van der Waals surface area contributed by atoms with Gasteiger partial charge >= 0.3 is 0 Å². The van der Waals surface area contributed by atoms with Crippen LogP contribution in [0.1, 0.15) is 54.1 Å². The van der Waals surface area contributed by atoms with E-state index < -0.39 is 0 Å². The molecule has 200 valence electrons. The molecule has 0 saturated heterocycles. The van der Waals surface area contributed by atoms with Crippen molar-refractivity contribution < 1.29 is 4.74 Å². The van der Waals surface area contributed by atoms with Crippen LogP contribution in [0.15, 0.2) is 102 Å². The predicted molar refractivity (Wildman–Crippen MR) is 170 cm³/mol. The van der Waals surface area contributed by atoms with Crippen LogP contribution >= 0.6 is 0 Å². The Hall–Kier alpha value is -4.37. The van der Waals surface area contributed by atoms with E-state index in [-0.39, 0.29) is 0 Å². The Morgan fingerprint density at radius 1 is 1.00 bits per heavy atom. The summed E-state index contributed by atoms with van der Waals surface area (Å²) < 4.78 is 8.40. The van der Waals surface area contributed by atoms with Crippen molar-refractivity contribution in [2.45, 2.75) is 45.6 Å². The molecule has 4 aromatic rings. The van der Waals surface area contributed by atoms with Gasteiger partial charge in [0.1, 0.15) is 5.75 Å². The van der Waals surface area contributed by atoms with Crippen LogP contribution in [0.25, 0.3) is 34.2 Å². The molecule has 0 saturated carbocycles. The number of hydrogen-bond donors (Lipinski definition) is 0. The van der Waals surface area contributed by atoms with Crippen molar-refractivity contribution in [2.75, 3.05) is 7.11 Å². The Labute approximate surface area is 237 Å². The summed E-state index contributed by atoms with van der Waals surface area (Å²) in [6, 6.07) is 21.6. The van der Waals surface area contributed by atoms with E-state index in [4.69, 9.17) is 9.73 Å². The van der Waals surface area contributed by atoms with Crippen molar-refractivity contribution in [1.29, 1.82) is 0 Å². The highest BCUT2D eigenvalue weighted by atomic mass is 16.5. The predicted octanol–water partition coefficient (Wildman–Crippen LogP) is 9.20. The van der Waals surface area contributed by atoms with Crippen LogP contribution in [0.4, 0.5) is 0 Å². The molecule has 3 heteroatoms. The third kappa shape index (κ3) is 5.00. The van der Waals surface area contributed by atoms with Crippen LogP contribution in [0.2, 0.25) is 0 Å². The topological polar surface area (TPSA) is 26.5 Å². The minimum Gasteiger partial charge on any atom is -0.496 e. The zero-order valence-electron chi connectivity index (χ0n) is 23.5. The van der Waals surface area contributed by atoms with Gasteiger partial charge in [-0.2, -0.15) is 0 Å². The second kappa shape index (κ2) is 11.4. The van der Waals surface area contributed by atoms with Crippen molar-refractivity contribution in [1.82, 2.24) is 4.57 Å². The quantitative estimate of drug-likeness (QED) is 0.167. The summed E-state index contributed by atoms with van der Waals surface area (Å²) in [6.07, 6.45) is 18.5. The number of ether oxygens (including phenoxy) is 1. The third-order valence-electron chi connectivity index (χ3n) is 7.94. The number of benzene rings is 3. The first-order valence-corrected chi connectivity index (χ1v) is 14.3. The monoisotopic (exact) mass is 524 g/mol. The van der Waals surface area contributed by atoms with Gasteiger partial charge in [0.2, 0.25) is 0 Å². The van der Waals surface area contributed by atoms with Crippen molar-refractivity contribution in [2.24, 2.45) is 4.99 Å². The molecule has 0 bridgehead atoms. The number of aryl methyl sites for hydroxylation is 1. The molecule has 2 aliphatic rings. The summed E-state index contributed by atoms with van der Waals surface area (Å²) in [4.78, 5) is 5.11. The van der Waals surface area contributed by atoms with E-state index in [9.17, 15) is 0 Å². The van der Waals surface area contributed by atoms with Gasteiger partial charge in [0, 0.05) is 33.3 Å². The number of aliphatic imine (C=N–C) groups is 1. The summed E-state index contributed by atoms with van der Waals surface area (Å²) in [5.74, 6) is 0.842. The molecule has 1 heterocycles. The zero-order chi connectivity index (χ0) is 27.5. The first-order valence-electron chi connectivity index (χ1n) is 14.3. The van der Waals surface area contributed by atoms with Gasteiger partial charge in [-0.1, -0.05) is 80.3 Å². The fourth-order valence-corrected chi connectivity index (χ4v) is 5.94. The summed E-state index contributed by atoms with van der Waals surface area (Å²) in [7, 11) is 1.74. The van der Waals surface area contributed by atoms with Crippen molar-refractivity contribution >= 4 is 28.8 Å². The number of fused-ring (bicyclic) bond motifs is 4. The highest BCUT2D eigenvalue weighted by molar-refractivity contribution is 6.04. The van der Waals surface area contributed by atoms with Crippen LogP contribution < -0.4 is 4.74 Å². The number of aromatic nitrogens is 1. The van der Waals surface area contributed by atoms with E-state index in [0.29, 0.717) is 6.54 Å². The number of hydrogen-bond acceptors (Lipinski definition) is 2. The van der Waals surface area contributed by atoms with Gasteiger partial charge in [-0.15, -0.1) is 0 Å². The standard InChI is InChI=1S/C37H36N2O/c1-4-5-13-26(2)38-34(30-20-21-31(37(24-30)40-3)27-14-7-6-8-15-27)25-39-35-19-12-11-18-32(35)33-22-28-16-9-10-17-29(28)23-36(33)39/h5-9,11,13-16,18,20-24H,2,4,10,12,17,19,25H2,1,3H3/b13-5-,38-34+.